The van der Waals surface area contributed by atoms with Crippen molar-refractivity contribution in [2.75, 3.05) is 24.4 Å². The summed E-state index contributed by atoms with van der Waals surface area (Å²) in [6.07, 6.45) is 0. The molecule has 3 amide bonds. The number of anilines is 2. The fourth-order valence-electron chi connectivity index (χ4n) is 1.75. The number of amides is 3. The first-order chi connectivity index (χ1) is 10.4. The predicted molar refractivity (Wildman–Crippen MR) is 85.2 cm³/mol. The van der Waals surface area contributed by atoms with Gasteiger partial charge in [-0.05, 0) is 31.0 Å². The summed E-state index contributed by atoms with van der Waals surface area (Å²) in [7, 11) is 1.49. The van der Waals surface area contributed by atoms with Gasteiger partial charge in [-0.1, -0.05) is 6.92 Å². The fraction of sp³-hybridized carbons (Fsp3) is 0.467. The van der Waals surface area contributed by atoms with Crippen molar-refractivity contribution in [2.45, 2.75) is 26.8 Å². The van der Waals surface area contributed by atoms with Crippen molar-refractivity contribution >= 4 is 23.3 Å². The average molecular weight is 309 g/mol. The minimum atomic E-state index is -0.411. The number of rotatable bonds is 6. The lowest BCUT2D eigenvalue weighted by atomic mass is 10.1. The molecular formula is C15H23N3O4. The number of ether oxygens (including phenoxy) is 1. The van der Waals surface area contributed by atoms with Crippen molar-refractivity contribution in [2.24, 2.45) is 5.92 Å². The van der Waals surface area contributed by atoms with Crippen LogP contribution in [-0.2, 0) is 4.79 Å². The summed E-state index contributed by atoms with van der Waals surface area (Å²) in [5, 5.41) is 17.1. The molecule has 0 bridgehead atoms. The van der Waals surface area contributed by atoms with Crippen LogP contribution in [0.3, 0.4) is 0 Å². The smallest absolute Gasteiger partial charge is 0.319 e. The highest BCUT2D eigenvalue weighted by atomic mass is 16.5. The molecule has 0 saturated carbocycles. The molecule has 0 heterocycles. The van der Waals surface area contributed by atoms with Crippen LogP contribution in [0.5, 0.6) is 5.75 Å². The third-order valence-electron chi connectivity index (χ3n) is 3.27. The Kier molecular flexibility index (Phi) is 6.65. The number of urea groups is 1. The monoisotopic (exact) mass is 309 g/mol. The molecule has 7 nitrogen and oxygen atoms in total. The van der Waals surface area contributed by atoms with E-state index in [1.54, 1.807) is 18.2 Å². The molecule has 0 aromatic heterocycles. The van der Waals surface area contributed by atoms with Crippen LogP contribution in [0.1, 0.15) is 20.8 Å². The van der Waals surface area contributed by atoms with E-state index in [1.165, 1.54) is 14.0 Å². The number of nitrogens with one attached hydrogen (secondary N) is 3. The van der Waals surface area contributed by atoms with Crippen LogP contribution in [0.2, 0.25) is 0 Å². The maximum absolute atomic E-state index is 12.0. The van der Waals surface area contributed by atoms with E-state index in [1.807, 2.05) is 13.8 Å². The summed E-state index contributed by atoms with van der Waals surface area (Å²) in [6.45, 7) is 5.04. The minimum Gasteiger partial charge on any atom is -0.495 e. The molecule has 0 radical (unpaired) electrons. The van der Waals surface area contributed by atoms with Gasteiger partial charge in [-0.25, -0.2) is 4.79 Å². The highest BCUT2D eigenvalue weighted by Crippen LogP contribution is 2.27. The van der Waals surface area contributed by atoms with Gasteiger partial charge in [0.15, 0.2) is 0 Å². The molecular weight excluding hydrogens is 286 g/mol. The Morgan fingerprint density at radius 3 is 2.50 bits per heavy atom. The number of aliphatic hydroxyl groups is 1. The molecule has 7 heteroatoms. The first-order valence-corrected chi connectivity index (χ1v) is 7.01. The van der Waals surface area contributed by atoms with E-state index in [2.05, 4.69) is 16.0 Å². The van der Waals surface area contributed by atoms with E-state index in [0.29, 0.717) is 17.1 Å². The number of methoxy groups -OCH3 is 1. The van der Waals surface area contributed by atoms with Crippen LogP contribution < -0.4 is 20.7 Å². The first kappa shape index (κ1) is 17.8. The molecule has 0 aliphatic rings. The molecule has 0 aliphatic carbocycles. The van der Waals surface area contributed by atoms with Crippen molar-refractivity contribution < 1.29 is 19.4 Å². The molecule has 4 N–H and O–H groups in total. The number of carbonyl (C=O) groups is 2. The zero-order chi connectivity index (χ0) is 16.7. The summed E-state index contributed by atoms with van der Waals surface area (Å²) in [4.78, 5) is 23.1. The Balaban J connectivity index is 2.81. The summed E-state index contributed by atoms with van der Waals surface area (Å²) in [5.41, 5.74) is 0.996. The molecule has 1 rings (SSSR count). The van der Waals surface area contributed by atoms with E-state index >= 15 is 0 Å². The van der Waals surface area contributed by atoms with Gasteiger partial charge in [-0.2, -0.15) is 0 Å². The normalized spacial score (nSPS) is 13.0. The average Bonchev–Trinajstić information content (AvgIpc) is 2.45. The number of benzene rings is 1. The van der Waals surface area contributed by atoms with Gasteiger partial charge >= 0.3 is 6.03 Å². The highest BCUT2D eigenvalue weighted by Gasteiger charge is 2.15. The van der Waals surface area contributed by atoms with Crippen LogP contribution in [0.25, 0.3) is 0 Å². The Morgan fingerprint density at radius 1 is 1.27 bits per heavy atom. The van der Waals surface area contributed by atoms with Crippen molar-refractivity contribution in [3.05, 3.63) is 18.2 Å². The zero-order valence-corrected chi connectivity index (χ0v) is 13.3. The van der Waals surface area contributed by atoms with E-state index in [9.17, 15) is 9.59 Å². The van der Waals surface area contributed by atoms with E-state index in [-0.39, 0.29) is 24.5 Å². The number of carbonyl (C=O) groups excluding carboxylic acids is 2. The van der Waals surface area contributed by atoms with Crippen LogP contribution in [0.4, 0.5) is 16.2 Å². The molecule has 1 aromatic rings. The van der Waals surface area contributed by atoms with Crippen LogP contribution in [0.15, 0.2) is 18.2 Å². The Labute approximate surface area is 130 Å². The van der Waals surface area contributed by atoms with Crippen molar-refractivity contribution in [1.29, 1.82) is 0 Å². The minimum absolute atomic E-state index is 0.0111. The first-order valence-electron chi connectivity index (χ1n) is 7.01. The number of hydrogen-bond donors (Lipinski definition) is 4. The van der Waals surface area contributed by atoms with Crippen molar-refractivity contribution in [3.63, 3.8) is 0 Å². The van der Waals surface area contributed by atoms with Crippen molar-refractivity contribution in [1.82, 2.24) is 5.32 Å². The predicted octanol–water partition coefficient (Wildman–Crippen LogP) is 1.79. The summed E-state index contributed by atoms with van der Waals surface area (Å²) in [5.74, 6) is 0.219. The molecule has 2 atom stereocenters. The van der Waals surface area contributed by atoms with Gasteiger partial charge in [0, 0.05) is 25.3 Å². The molecule has 0 fully saturated rings. The van der Waals surface area contributed by atoms with Gasteiger partial charge in [-0.3, -0.25) is 4.79 Å². The molecule has 0 aliphatic heterocycles. The third kappa shape index (κ3) is 5.25. The SMILES string of the molecule is COc1ccc(NC(C)=O)cc1NC(=O)NC(C)C(C)CO. The zero-order valence-electron chi connectivity index (χ0n) is 13.3. The van der Waals surface area contributed by atoms with Crippen LogP contribution >= 0.6 is 0 Å². The van der Waals surface area contributed by atoms with Crippen molar-refractivity contribution in [3.8, 4) is 5.75 Å². The van der Waals surface area contributed by atoms with Gasteiger partial charge in [-0.15, -0.1) is 0 Å². The molecule has 2 unspecified atom stereocenters. The maximum atomic E-state index is 12.0. The second-order valence-electron chi connectivity index (χ2n) is 5.14. The molecule has 0 saturated heterocycles. The summed E-state index contributed by atoms with van der Waals surface area (Å²) in [6, 6.07) is 4.35. The lowest BCUT2D eigenvalue weighted by Crippen LogP contribution is -2.40. The summed E-state index contributed by atoms with van der Waals surface area (Å²) >= 11 is 0. The third-order valence-corrected chi connectivity index (χ3v) is 3.27. The lowest BCUT2D eigenvalue weighted by Gasteiger charge is -2.20. The van der Waals surface area contributed by atoms with Gasteiger partial charge in [0.25, 0.3) is 0 Å². The second-order valence-corrected chi connectivity index (χ2v) is 5.14. The largest absolute Gasteiger partial charge is 0.495 e. The van der Waals surface area contributed by atoms with E-state index < -0.39 is 6.03 Å². The maximum Gasteiger partial charge on any atom is 0.319 e. The van der Waals surface area contributed by atoms with Gasteiger partial charge < -0.3 is 25.8 Å². The quantitative estimate of drug-likeness (QED) is 0.643. The van der Waals surface area contributed by atoms with Gasteiger partial charge in [0.2, 0.25) is 5.91 Å². The van der Waals surface area contributed by atoms with E-state index in [0.717, 1.165) is 0 Å². The number of aliphatic hydroxyl groups excluding tert-OH is 1. The van der Waals surface area contributed by atoms with E-state index in [4.69, 9.17) is 9.84 Å². The van der Waals surface area contributed by atoms with Crippen LogP contribution in [0, 0.1) is 5.92 Å². The Hall–Kier alpha value is -2.28. The standard InChI is InChI=1S/C15H23N3O4/c1-9(8-19)10(2)16-15(21)18-13-7-12(17-11(3)20)5-6-14(13)22-4/h5-7,9-10,19H,8H2,1-4H3,(H,17,20)(H2,16,18,21). The van der Waals surface area contributed by atoms with Gasteiger partial charge in [0.05, 0.1) is 12.8 Å². The molecule has 1 aromatic carbocycles. The summed E-state index contributed by atoms with van der Waals surface area (Å²) < 4.78 is 5.18. The Bertz CT molecular complexity index is 534. The molecule has 22 heavy (non-hydrogen) atoms. The fourth-order valence-corrected chi connectivity index (χ4v) is 1.75. The van der Waals surface area contributed by atoms with Crippen LogP contribution in [-0.4, -0.2) is 36.8 Å². The second kappa shape index (κ2) is 8.23. The highest BCUT2D eigenvalue weighted by molar-refractivity contribution is 5.94. The number of hydrogen-bond acceptors (Lipinski definition) is 4. The molecule has 122 valence electrons. The topological polar surface area (TPSA) is 99.7 Å². The molecule has 0 spiro atoms. The van der Waals surface area contributed by atoms with Gasteiger partial charge in [0.1, 0.15) is 5.75 Å². The Morgan fingerprint density at radius 2 is 1.95 bits per heavy atom. The lowest BCUT2D eigenvalue weighted by molar-refractivity contribution is -0.114.